The number of amides is 2. The number of carboxylic acid groups (broad SMARTS) is 1. The van der Waals surface area contributed by atoms with Crippen LogP contribution >= 0.6 is 8.03 Å². The molecule has 2 aromatic rings. The lowest BCUT2D eigenvalue weighted by molar-refractivity contribution is -0.145. The van der Waals surface area contributed by atoms with Gasteiger partial charge in [0.1, 0.15) is 12.4 Å². The Morgan fingerprint density at radius 1 is 0.946 bits per heavy atom. The van der Waals surface area contributed by atoms with E-state index in [9.17, 15) is 24.1 Å². The second-order valence-corrected chi connectivity index (χ2v) is 10.5. The van der Waals surface area contributed by atoms with Crippen molar-refractivity contribution in [3.63, 3.8) is 0 Å². The van der Waals surface area contributed by atoms with Gasteiger partial charge in [-0.15, -0.1) is 0 Å². The minimum atomic E-state index is -2.89. The summed E-state index contributed by atoms with van der Waals surface area (Å²) in [4.78, 5) is 35.9. The van der Waals surface area contributed by atoms with Crippen LogP contribution < -0.4 is 10.6 Å². The zero-order valence-electron chi connectivity index (χ0n) is 21.4. The summed E-state index contributed by atoms with van der Waals surface area (Å²) >= 11 is 0. The fourth-order valence-corrected chi connectivity index (χ4v) is 4.98. The molecule has 2 unspecified atom stereocenters. The Bertz CT molecular complexity index is 1000. The van der Waals surface area contributed by atoms with Crippen LogP contribution in [0.3, 0.4) is 0 Å². The summed E-state index contributed by atoms with van der Waals surface area (Å²) in [6, 6.07) is 18.9. The van der Waals surface area contributed by atoms with E-state index >= 15 is 0 Å². The van der Waals surface area contributed by atoms with Crippen LogP contribution in [0.5, 0.6) is 0 Å². The minimum Gasteiger partial charge on any atom is -0.479 e. The Balaban J connectivity index is 1.72. The van der Waals surface area contributed by atoms with Crippen LogP contribution in [0.25, 0.3) is 0 Å². The van der Waals surface area contributed by atoms with Crippen molar-refractivity contribution in [1.29, 1.82) is 0 Å². The van der Waals surface area contributed by atoms with E-state index in [0.29, 0.717) is 25.8 Å². The summed E-state index contributed by atoms with van der Waals surface area (Å²) in [5.41, 5.74) is 1.90. The topological polar surface area (TPSA) is 131 Å². The highest BCUT2D eigenvalue weighted by Crippen LogP contribution is 2.35. The number of nitrogens with one attached hydrogen (secondary N) is 2. The highest BCUT2D eigenvalue weighted by Gasteiger charge is 2.28. The van der Waals surface area contributed by atoms with Crippen molar-refractivity contribution in [1.82, 2.24) is 10.6 Å². The largest absolute Gasteiger partial charge is 0.479 e. The molecule has 0 aliphatic carbocycles. The minimum absolute atomic E-state index is 0.124. The van der Waals surface area contributed by atoms with E-state index in [1.165, 1.54) is 0 Å². The summed E-state index contributed by atoms with van der Waals surface area (Å²) in [7, 11) is -2.89. The average molecular weight is 533 g/mol. The molecule has 3 atom stereocenters. The monoisotopic (exact) mass is 532 g/mol. The number of carboxylic acids is 1. The van der Waals surface area contributed by atoms with Crippen molar-refractivity contribution >= 4 is 26.0 Å². The van der Waals surface area contributed by atoms with Crippen LogP contribution in [0, 0.1) is 5.92 Å². The maximum Gasteiger partial charge on any atom is 0.407 e. The fraction of sp³-hybridized carbons (Fsp3) is 0.444. The third kappa shape index (κ3) is 12.1. The quantitative estimate of drug-likeness (QED) is 0.210. The normalized spacial score (nSPS) is 13.4. The van der Waals surface area contributed by atoms with Gasteiger partial charge in [-0.2, -0.15) is 0 Å². The second-order valence-electron chi connectivity index (χ2n) is 9.02. The molecule has 10 heteroatoms. The van der Waals surface area contributed by atoms with Gasteiger partial charge >= 0.3 is 12.1 Å². The van der Waals surface area contributed by atoms with Gasteiger partial charge in [0.05, 0.1) is 0 Å². The van der Waals surface area contributed by atoms with E-state index in [-0.39, 0.29) is 31.3 Å². The van der Waals surface area contributed by atoms with E-state index in [2.05, 4.69) is 10.6 Å². The molecule has 2 amide bonds. The number of benzene rings is 2. The number of carbonyl (C=O) groups excluding carboxylic acids is 2. The van der Waals surface area contributed by atoms with Crippen molar-refractivity contribution in [2.75, 3.05) is 6.54 Å². The number of aliphatic carboxylic acids is 1. The van der Waals surface area contributed by atoms with Gasteiger partial charge in [0.15, 0.2) is 6.10 Å². The molecule has 0 saturated heterocycles. The molecular weight excluding hydrogens is 495 g/mol. The van der Waals surface area contributed by atoms with E-state index < -0.39 is 32.0 Å². The molecule has 0 aliphatic rings. The lowest BCUT2D eigenvalue weighted by Gasteiger charge is -2.24. The number of rotatable bonds is 16. The van der Waals surface area contributed by atoms with Crippen LogP contribution in [-0.4, -0.2) is 41.5 Å². The van der Waals surface area contributed by atoms with Gasteiger partial charge in [0.2, 0.25) is 13.9 Å². The first kappa shape index (κ1) is 30.1. The summed E-state index contributed by atoms with van der Waals surface area (Å²) in [6.45, 7) is 4.07. The zero-order chi connectivity index (χ0) is 27.0. The molecule has 0 fully saturated rings. The molecule has 0 aliphatic heterocycles. The molecule has 3 N–H and O–H groups in total. The lowest BCUT2D eigenvalue weighted by Crippen LogP contribution is -2.37. The van der Waals surface area contributed by atoms with Crippen molar-refractivity contribution in [2.24, 2.45) is 5.92 Å². The number of aryl methyl sites for hydroxylation is 1. The molecule has 202 valence electrons. The first-order chi connectivity index (χ1) is 17.8. The molecule has 0 spiro atoms. The predicted octanol–water partition coefficient (Wildman–Crippen LogP) is 4.76. The molecule has 0 radical (unpaired) electrons. The maximum atomic E-state index is 12.9. The van der Waals surface area contributed by atoms with Gasteiger partial charge in [0, 0.05) is 13.0 Å². The first-order valence-electron chi connectivity index (χ1n) is 12.5. The van der Waals surface area contributed by atoms with Gasteiger partial charge in [-0.1, -0.05) is 74.5 Å². The third-order valence-corrected chi connectivity index (χ3v) is 7.47. The first-order valence-corrected chi connectivity index (χ1v) is 13.9. The van der Waals surface area contributed by atoms with Crippen molar-refractivity contribution in [3.8, 4) is 0 Å². The van der Waals surface area contributed by atoms with E-state index in [0.717, 1.165) is 11.1 Å². The highest BCUT2D eigenvalue weighted by atomic mass is 31.1. The second kappa shape index (κ2) is 16.6. The van der Waals surface area contributed by atoms with E-state index in [1.54, 1.807) is 13.8 Å². The molecule has 2 rings (SSSR count). The predicted molar refractivity (Wildman–Crippen MR) is 142 cm³/mol. The summed E-state index contributed by atoms with van der Waals surface area (Å²) in [5.74, 6) is -2.45. The Morgan fingerprint density at radius 2 is 1.57 bits per heavy atom. The Kier molecular flexibility index (Phi) is 13.5. The standard InChI is InChI=1S/C27H37N2O7P/c1-20(2)25(29-24(30)17-16-21-11-5-3-6-12-21)37(34)36-23(26(31)32)15-9-10-18-28-27(33)35-19-22-13-7-4-8-14-22/h3-8,11-14,20,23,25,37H,9-10,15-19H2,1-2H3,(H,28,33)(H,29,30)(H,31,32)/t23-,25?/m0/s1. The Morgan fingerprint density at radius 3 is 2.16 bits per heavy atom. The number of hydrogen-bond donors (Lipinski definition) is 3. The number of alkyl carbamates (subject to hydrolysis) is 1. The summed E-state index contributed by atoms with van der Waals surface area (Å²) in [6.07, 6.45) is 0.0103. The molecular formula is C27H37N2O7P. The summed E-state index contributed by atoms with van der Waals surface area (Å²) < 4.78 is 23.5. The van der Waals surface area contributed by atoms with Crippen molar-refractivity contribution in [2.45, 2.75) is 64.4 Å². The van der Waals surface area contributed by atoms with E-state index in [4.69, 9.17) is 9.26 Å². The summed E-state index contributed by atoms with van der Waals surface area (Å²) in [5, 5.41) is 14.9. The number of carbonyl (C=O) groups is 3. The van der Waals surface area contributed by atoms with Gasteiger partial charge < -0.3 is 25.0 Å². The smallest absolute Gasteiger partial charge is 0.407 e. The van der Waals surface area contributed by atoms with Gasteiger partial charge in [-0.05, 0) is 42.7 Å². The lowest BCUT2D eigenvalue weighted by atomic mass is 10.1. The average Bonchev–Trinajstić information content (AvgIpc) is 2.89. The molecule has 37 heavy (non-hydrogen) atoms. The molecule has 0 heterocycles. The SMILES string of the molecule is CC(C)C(NC(=O)CCc1ccccc1)[PH](=O)O[C@@H](CCCCNC(=O)OCc1ccccc1)C(=O)O. The van der Waals surface area contributed by atoms with Crippen LogP contribution in [-0.2, 0) is 36.4 Å². The highest BCUT2D eigenvalue weighted by molar-refractivity contribution is 7.40. The van der Waals surface area contributed by atoms with Crippen molar-refractivity contribution in [3.05, 3.63) is 71.8 Å². The molecule has 0 bridgehead atoms. The zero-order valence-corrected chi connectivity index (χ0v) is 22.4. The van der Waals surface area contributed by atoms with Crippen LogP contribution in [0.1, 0.15) is 50.7 Å². The van der Waals surface area contributed by atoms with Crippen molar-refractivity contribution < 1.29 is 33.3 Å². The van der Waals surface area contributed by atoms with Crippen LogP contribution in [0.4, 0.5) is 4.79 Å². The fourth-order valence-electron chi connectivity index (χ4n) is 3.51. The Labute approximate surface area is 218 Å². The van der Waals surface area contributed by atoms with E-state index in [1.807, 2.05) is 60.7 Å². The van der Waals surface area contributed by atoms with Crippen LogP contribution in [0.15, 0.2) is 60.7 Å². The molecule has 0 aromatic heterocycles. The third-order valence-electron chi connectivity index (χ3n) is 5.63. The number of ether oxygens (including phenoxy) is 1. The van der Waals surface area contributed by atoms with Gasteiger partial charge in [0.25, 0.3) is 0 Å². The number of hydrogen-bond acceptors (Lipinski definition) is 6. The van der Waals surface area contributed by atoms with Gasteiger partial charge in [-0.25, -0.2) is 9.59 Å². The number of unbranched alkanes of at least 4 members (excludes halogenated alkanes) is 1. The molecule has 2 aromatic carbocycles. The maximum absolute atomic E-state index is 12.9. The van der Waals surface area contributed by atoms with Crippen LogP contribution in [0.2, 0.25) is 0 Å². The Hall–Kier alpha value is -3.16. The molecule has 0 saturated carbocycles. The van der Waals surface area contributed by atoms with Gasteiger partial charge in [-0.3, -0.25) is 9.36 Å². The molecule has 9 nitrogen and oxygen atoms in total.